The van der Waals surface area contributed by atoms with E-state index in [1.54, 1.807) is 12.1 Å². The third-order valence-electron chi connectivity index (χ3n) is 6.66. The third-order valence-corrected chi connectivity index (χ3v) is 6.66. The number of rotatable bonds is 18. The molecule has 1 aliphatic heterocycles. The number of aliphatic hydroxyl groups excluding tert-OH is 2. The van der Waals surface area contributed by atoms with Gasteiger partial charge in [-0.3, -0.25) is 9.69 Å². The highest BCUT2D eigenvalue weighted by Crippen LogP contribution is 2.22. The lowest BCUT2D eigenvalue weighted by atomic mass is 10.1. The number of phenols is 1. The van der Waals surface area contributed by atoms with Crippen LogP contribution in [0, 0.1) is 0 Å². The van der Waals surface area contributed by atoms with Gasteiger partial charge in [0.05, 0.1) is 25.8 Å². The van der Waals surface area contributed by atoms with E-state index >= 15 is 0 Å². The zero-order valence-electron chi connectivity index (χ0n) is 22.0. The molecule has 1 heterocycles. The number of unbranched alkanes of at least 4 members (excludes halogenated alkanes) is 4. The lowest BCUT2D eigenvalue weighted by Gasteiger charge is -2.14. The Morgan fingerprint density at radius 3 is 2.50 bits per heavy atom. The van der Waals surface area contributed by atoms with Crippen molar-refractivity contribution >= 4 is 11.9 Å². The van der Waals surface area contributed by atoms with Gasteiger partial charge in [-0.2, -0.15) is 0 Å². The lowest BCUT2D eigenvalue weighted by molar-refractivity contribution is -0.125. The maximum absolute atomic E-state index is 11.8. The fourth-order valence-corrected chi connectivity index (χ4v) is 4.42. The van der Waals surface area contributed by atoms with Crippen LogP contribution in [-0.2, 0) is 29.1 Å². The molecule has 1 saturated heterocycles. The number of amides is 3. The van der Waals surface area contributed by atoms with E-state index in [-0.39, 0.29) is 30.8 Å². The second kappa shape index (κ2) is 16.1. The molecule has 3 amide bonds. The molecular formula is C29H41N3O6. The van der Waals surface area contributed by atoms with Crippen LogP contribution in [0.5, 0.6) is 5.75 Å². The molecule has 5 N–H and O–H groups in total. The Morgan fingerprint density at radius 1 is 0.974 bits per heavy atom. The standard InChI is InChI=1S/C29H41N3O6/c33-21-25-17-24(11-12-26(25)34)27(35)18-30-13-4-1-2-5-14-38-15-6-3-8-22-9-7-10-23(16-22)20-32-28(36)19-31-29(32)37/h7,9-12,16-17,27,30,33-35H,1-6,8,13-15,18-21H2,(H,31,37)/t27-/m1/s1. The van der Waals surface area contributed by atoms with E-state index in [0.717, 1.165) is 70.3 Å². The number of carbonyl (C=O) groups is 2. The van der Waals surface area contributed by atoms with Gasteiger partial charge in [-0.25, -0.2) is 4.79 Å². The number of aryl methyl sites for hydroxylation is 1. The SMILES string of the molecule is O=C1CNC(=O)N1Cc1cccc(CCCCOCCCCCCNC[C@@H](O)c2ccc(O)c(CO)c2)c1. The molecule has 0 radical (unpaired) electrons. The first-order chi connectivity index (χ1) is 18.5. The predicted octanol–water partition coefficient (Wildman–Crippen LogP) is 3.16. The minimum absolute atomic E-state index is 0.0356. The maximum atomic E-state index is 11.8. The van der Waals surface area contributed by atoms with Crippen molar-refractivity contribution in [1.82, 2.24) is 15.5 Å². The van der Waals surface area contributed by atoms with Crippen molar-refractivity contribution < 1.29 is 29.6 Å². The molecule has 0 unspecified atom stereocenters. The molecule has 3 rings (SSSR count). The Labute approximate surface area is 224 Å². The highest BCUT2D eigenvalue weighted by molar-refractivity contribution is 6.01. The van der Waals surface area contributed by atoms with Crippen molar-refractivity contribution in [3.8, 4) is 5.75 Å². The molecule has 1 atom stereocenters. The van der Waals surface area contributed by atoms with Gasteiger partial charge in [0, 0.05) is 25.3 Å². The largest absolute Gasteiger partial charge is 0.508 e. The molecule has 1 aliphatic rings. The summed E-state index contributed by atoms with van der Waals surface area (Å²) in [6.45, 7) is 2.90. The van der Waals surface area contributed by atoms with Crippen molar-refractivity contribution in [2.75, 3.05) is 32.8 Å². The van der Waals surface area contributed by atoms with Gasteiger partial charge in [0.1, 0.15) is 5.75 Å². The van der Waals surface area contributed by atoms with E-state index in [2.05, 4.69) is 22.8 Å². The fraction of sp³-hybridized carbons (Fsp3) is 0.517. The molecule has 2 aromatic rings. The summed E-state index contributed by atoms with van der Waals surface area (Å²) in [6.07, 6.45) is 6.54. The van der Waals surface area contributed by atoms with E-state index in [9.17, 15) is 24.9 Å². The quantitative estimate of drug-likeness (QED) is 0.149. The van der Waals surface area contributed by atoms with Crippen LogP contribution in [0.4, 0.5) is 4.79 Å². The van der Waals surface area contributed by atoms with Gasteiger partial charge >= 0.3 is 6.03 Å². The summed E-state index contributed by atoms with van der Waals surface area (Å²) in [5.74, 6) is -0.150. The first kappa shape index (κ1) is 29.6. The van der Waals surface area contributed by atoms with E-state index < -0.39 is 6.10 Å². The highest BCUT2D eigenvalue weighted by Gasteiger charge is 2.28. The van der Waals surface area contributed by atoms with Crippen molar-refractivity contribution in [2.24, 2.45) is 0 Å². The molecule has 9 heteroatoms. The Kier molecular flexibility index (Phi) is 12.5. The second-order valence-corrected chi connectivity index (χ2v) is 9.71. The number of hydrogen-bond acceptors (Lipinski definition) is 7. The summed E-state index contributed by atoms with van der Waals surface area (Å²) in [7, 11) is 0. The van der Waals surface area contributed by atoms with Crippen LogP contribution in [0.1, 0.15) is 66.9 Å². The van der Waals surface area contributed by atoms with Crippen LogP contribution in [0.3, 0.4) is 0 Å². The lowest BCUT2D eigenvalue weighted by Crippen LogP contribution is -2.30. The van der Waals surface area contributed by atoms with Crippen molar-refractivity contribution in [3.05, 3.63) is 64.7 Å². The molecule has 1 fully saturated rings. The minimum atomic E-state index is -0.679. The van der Waals surface area contributed by atoms with Crippen LogP contribution in [0.25, 0.3) is 0 Å². The van der Waals surface area contributed by atoms with E-state index in [1.165, 1.54) is 16.5 Å². The van der Waals surface area contributed by atoms with E-state index in [1.807, 2.05) is 12.1 Å². The smallest absolute Gasteiger partial charge is 0.324 e. The summed E-state index contributed by atoms with van der Waals surface area (Å²) in [5, 5.41) is 34.9. The molecule has 9 nitrogen and oxygen atoms in total. The van der Waals surface area contributed by atoms with Gasteiger partial charge in [0.2, 0.25) is 5.91 Å². The Balaban J connectivity index is 1.15. The summed E-state index contributed by atoms with van der Waals surface area (Å²) in [4.78, 5) is 24.7. The first-order valence-corrected chi connectivity index (χ1v) is 13.5. The fourth-order valence-electron chi connectivity index (χ4n) is 4.42. The second-order valence-electron chi connectivity index (χ2n) is 9.71. The molecule has 208 valence electrons. The Morgan fingerprint density at radius 2 is 1.74 bits per heavy atom. The molecule has 0 spiro atoms. The maximum Gasteiger partial charge on any atom is 0.324 e. The summed E-state index contributed by atoms with van der Waals surface area (Å²) >= 11 is 0. The van der Waals surface area contributed by atoms with E-state index in [4.69, 9.17) is 4.74 Å². The number of aliphatic hydroxyl groups is 2. The topological polar surface area (TPSA) is 131 Å². The summed E-state index contributed by atoms with van der Waals surface area (Å²) in [5.41, 5.74) is 3.26. The Bertz CT molecular complexity index is 1020. The number of carbonyl (C=O) groups excluding carboxylic acids is 2. The molecule has 2 aromatic carbocycles. The molecule has 0 aromatic heterocycles. The predicted molar refractivity (Wildman–Crippen MR) is 144 cm³/mol. The summed E-state index contributed by atoms with van der Waals surface area (Å²) < 4.78 is 5.77. The van der Waals surface area contributed by atoms with Crippen LogP contribution in [0.15, 0.2) is 42.5 Å². The zero-order valence-corrected chi connectivity index (χ0v) is 22.0. The molecular weight excluding hydrogens is 486 g/mol. The van der Waals surface area contributed by atoms with Crippen LogP contribution >= 0.6 is 0 Å². The van der Waals surface area contributed by atoms with Crippen LogP contribution < -0.4 is 10.6 Å². The number of imide groups is 1. The van der Waals surface area contributed by atoms with Gasteiger partial charge in [0.15, 0.2) is 0 Å². The molecule has 38 heavy (non-hydrogen) atoms. The first-order valence-electron chi connectivity index (χ1n) is 13.5. The average Bonchev–Trinajstić information content (AvgIpc) is 3.23. The minimum Gasteiger partial charge on any atom is -0.508 e. The van der Waals surface area contributed by atoms with Crippen molar-refractivity contribution in [2.45, 2.75) is 64.2 Å². The van der Waals surface area contributed by atoms with Gasteiger partial charge in [-0.1, -0.05) is 43.2 Å². The molecule has 0 aliphatic carbocycles. The number of aromatic hydroxyl groups is 1. The molecule has 0 saturated carbocycles. The highest BCUT2D eigenvalue weighted by atomic mass is 16.5. The van der Waals surface area contributed by atoms with Gasteiger partial charge in [-0.05, 0) is 67.5 Å². The van der Waals surface area contributed by atoms with Crippen LogP contribution in [-0.4, -0.2) is 65.0 Å². The van der Waals surface area contributed by atoms with Crippen molar-refractivity contribution in [3.63, 3.8) is 0 Å². The van der Waals surface area contributed by atoms with Gasteiger partial charge < -0.3 is 30.7 Å². The number of benzene rings is 2. The summed E-state index contributed by atoms with van der Waals surface area (Å²) in [6, 6.07) is 12.5. The number of urea groups is 1. The number of hydrogen-bond donors (Lipinski definition) is 5. The van der Waals surface area contributed by atoms with E-state index in [0.29, 0.717) is 24.2 Å². The number of nitrogens with one attached hydrogen (secondary N) is 2. The van der Waals surface area contributed by atoms with Gasteiger partial charge in [0.25, 0.3) is 0 Å². The third kappa shape index (κ3) is 9.72. The van der Waals surface area contributed by atoms with Crippen LogP contribution in [0.2, 0.25) is 0 Å². The monoisotopic (exact) mass is 527 g/mol. The van der Waals surface area contributed by atoms with Crippen molar-refractivity contribution in [1.29, 1.82) is 0 Å². The normalized spacial score (nSPS) is 14.2. The van der Waals surface area contributed by atoms with Gasteiger partial charge in [-0.15, -0.1) is 0 Å². The average molecular weight is 528 g/mol. The number of nitrogens with zero attached hydrogens (tertiary/aromatic N) is 1. The zero-order chi connectivity index (χ0) is 27.2. The molecule has 0 bridgehead atoms. The Hall–Kier alpha value is -2.98. The number of ether oxygens (including phenoxy) is 1.